The van der Waals surface area contributed by atoms with Gasteiger partial charge in [0.15, 0.2) is 5.96 Å². The monoisotopic (exact) mass is 380 g/mol. The summed E-state index contributed by atoms with van der Waals surface area (Å²) in [5.41, 5.74) is 0.364. The molecule has 2 aliphatic rings. The second-order valence-electron chi connectivity index (χ2n) is 8.52. The van der Waals surface area contributed by atoms with Crippen LogP contribution >= 0.6 is 0 Å². The maximum absolute atomic E-state index is 5.64. The van der Waals surface area contributed by atoms with Gasteiger partial charge in [-0.3, -0.25) is 4.99 Å². The standard InChI is InChI=1S/C22H44N4O/c1-4-14-26-15-9-20(10-16-26)18-24-21(23-5-2)25-19-22(11-7-8-12-22)13-17-27-6-3/h20H,4-19H2,1-3H3,(H2,23,24,25). The van der Waals surface area contributed by atoms with Crippen molar-refractivity contribution in [3.05, 3.63) is 0 Å². The largest absolute Gasteiger partial charge is 0.382 e. The molecule has 158 valence electrons. The first-order valence-corrected chi connectivity index (χ1v) is 11.5. The molecule has 0 amide bonds. The molecule has 1 aliphatic carbocycles. The molecular weight excluding hydrogens is 336 g/mol. The van der Waals surface area contributed by atoms with Crippen LogP contribution in [0, 0.1) is 11.3 Å². The molecule has 5 heteroatoms. The highest BCUT2D eigenvalue weighted by atomic mass is 16.5. The van der Waals surface area contributed by atoms with E-state index < -0.39 is 0 Å². The Kier molecular flexibility index (Phi) is 10.5. The van der Waals surface area contributed by atoms with Crippen LogP contribution in [0.4, 0.5) is 0 Å². The van der Waals surface area contributed by atoms with Gasteiger partial charge in [0, 0.05) is 32.8 Å². The molecule has 2 fully saturated rings. The Morgan fingerprint density at radius 2 is 1.85 bits per heavy atom. The first-order chi connectivity index (χ1) is 13.2. The van der Waals surface area contributed by atoms with E-state index >= 15 is 0 Å². The van der Waals surface area contributed by atoms with Crippen LogP contribution in [-0.4, -0.2) is 63.3 Å². The van der Waals surface area contributed by atoms with Gasteiger partial charge in [-0.05, 0) is 83.3 Å². The number of aliphatic imine (C=N–C) groups is 1. The van der Waals surface area contributed by atoms with E-state index in [2.05, 4.69) is 36.3 Å². The molecule has 1 saturated carbocycles. The molecule has 0 aromatic heterocycles. The van der Waals surface area contributed by atoms with Gasteiger partial charge in [0.1, 0.15) is 0 Å². The summed E-state index contributed by atoms with van der Waals surface area (Å²) >= 11 is 0. The van der Waals surface area contributed by atoms with Crippen LogP contribution in [0.25, 0.3) is 0 Å². The van der Waals surface area contributed by atoms with Crippen molar-refractivity contribution >= 4 is 5.96 Å². The van der Waals surface area contributed by atoms with E-state index in [1.54, 1.807) is 0 Å². The van der Waals surface area contributed by atoms with Crippen molar-refractivity contribution in [2.75, 3.05) is 52.5 Å². The average Bonchev–Trinajstić information content (AvgIpc) is 3.15. The number of nitrogens with one attached hydrogen (secondary N) is 2. The van der Waals surface area contributed by atoms with Crippen LogP contribution < -0.4 is 10.6 Å². The number of ether oxygens (including phenoxy) is 1. The minimum Gasteiger partial charge on any atom is -0.382 e. The highest BCUT2D eigenvalue weighted by Gasteiger charge is 2.33. The van der Waals surface area contributed by atoms with E-state index in [0.717, 1.165) is 51.1 Å². The zero-order chi connectivity index (χ0) is 19.4. The Morgan fingerprint density at radius 3 is 2.48 bits per heavy atom. The summed E-state index contributed by atoms with van der Waals surface area (Å²) in [7, 11) is 0. The zero-order valence-corrected chi connectivity index (χ0v) is 18.2. The minimum atomic E-state index is 0.364. The molecule has 0 aromatic carbocycles. The number of hydrogen-bond donors (Lipinski definition) is 2. The van der Waals surface area contributed by atoms with Crippen LogP contribution in [0.3, 0.4) is 0 Å². The molecular formula is C22H44N4O. The number of nitrogens with zero attached hydrogens (tertiary/aromatic N) is 2. The van der Waals surface area contributed by atoms with Gasteiger partial charge in [0.2, 0.25) is 0 Å². The first kappa shape index (κ1) is 22.5. The third kappa shape index (κ3) is 7.98. The second kappa shape index (κ2) is 12.6. The van der Waals surface area contributed by atoms with Crippen LogP contribution in [-0.2, 0) is 4.74 Å². The SMILES string of the molecule is CCCN1CCC(CNC(=NCC2(CCOCC)CCCC2)NCC)CC1. The maximum Gasteiger partial charge on any atom is 0.191 e. The molecule has 2 N–H and O–H groups in total. The smallest absolute Gasteiger partial charge is 0.191 e. The fourth-order valence-electron chi connectivity index (χ4n) is 4.61. The third-order valence-electron chi connectivity index (χ3n) is 6.37. The topological polar surface area (TPSA) is 48.9 Å². The molecule has 0 unspecified atom stereocenters. The van der Waals surface area contributed by atoms with Crippen molar-refractivity contribution in [3.63, 3.8) is 0 Å². The molecule has 0 spiro atoms. The second-order valence-corrected chi connectivity index (χ2v) is 8.52. The Hall–Kier alpha value is -0.810. The molecule has 1 heterocycles. The average molecular weight is 381 g/mol. The van der Waals surface area contributed by atoms with E-state index in [1.807, 2.05) is 0 Å². The Bertz CT molecular complexity index is 413. The lowest BCUT2D eigenvalue weighted by Gasteiger charge is -2.32. The van der Waals surface area contributed by atoms with Gasteiger partial charge >= 0.3 is 0 Å². The summed E-state index contributed by atoms with van der Waals surface area (Å²) in [4.78, 5) is 7.61. The number of guanidine groups is 1. The van der Waals surface area contributed by atoms with E-state index in [1.165, 1.54) is 64.6 Å². The normalized spacial score (nSPS) is 21.5. The van der Waals surface area contributed by atoms with Crippen LogP contribution in [0.2, 0.25) is 0 Å². The molecule has 1 aliphatic heterocycles. The van der Waals surface area contributed by atoms with Crippen molar-refractivity contribution in [1.82, 2.24) is 15.5 Å². The predicted molar refractivity (Wildman–Crippen MR) is 115 cm³/mol. The van der Waals surface area contributed by atoms with E-state index in [9.17, 15) is 0 Å². The van der Waals surface area contributed by atoms with Gasteiger partial charge in [0.25, 0.3) is 0 Å². The number of piperidine rings is 1. The lowest BCUT2D eigenvalue weighted by Crippen LogP contribution is -2.43. The van der Waals surface area contributed by atoms with Gasteiger partial charge in [-0.1, -0.05) is 19.8 Å². The lowest BCUT2D eigenvalue weighted by atomic mass is 9.83. The highest BCUT2D eigenvalue weighted by molar-refractivity contribution is 5.79. The number of rotatable bonds is 11. The zero-order valence-electron chi connectivity index (χ0n) is 18.2. The van der Waals surface area contributed by atoms with Gasteiger partial charge in [-0.15, -0.1) is 0 Å². The van der Waals surface area contributed by atoms with Gasteiger partial charge in [-0.25, -0.2) is 0 Å². The van der Waals surface area contributed by atoms with Crippen molar-refractivity contribution < 1.29 is 4.74 Å². The fourth-order valence-corrected chi connectivity index (χ4v) is 4.61. The quantitative estimate of drug-likeness (QED) is 0.326. The molecule has 0 bridgehead atoms. The highest BCUT2D eigenvalue weighted by Crippen LogP contribution is 2.41. The Balaban J connectivity index is 1.80. The lowest BCUT2D eigenvalue weighted by molar-refractivity contribution is 0.107. The maximum atomic E-state index is 5.64. The molecule has 27 heavy (non-hydrogen) atoms. The Morgan fingerprint density at radius 1 is 1.11 bits per heavy atom. The molecule has 2 rings (SSSR count). The summed E-state index contributed by atoms with van der Waals surface area (Å²) in [6, 6.07) is 0. The van der Waals surface area contributed by atoms with Crippen LogP contribution in [0.15, 0.2) is 4.99 Å². The third-order valence-corrected chi connectivity index (χ3v) is 6.37. The van der Waals surface area contributed by atoms with Gasteiger partial charge < -0.3 is 20.3 Å². The minimum absolute atomic E-state index is 0.364. The van der Waals surface area contributed by atoms with E-state index in [4.69, 9.17) is 9.73 Å². The first-order valence-electron chi connectivity index (χ1n) is 11.5. The molecule has 0 aromatic rings. The van der Waals surface area contributed by atoms with Crippen molar-refractivity contribution in [2.45, 2.75) is 72.1 Å². The molecule has 0 atom stereocenters. The molecule has 5 nitrogen and oxygen atoms in total. The summed E-state index contributed by atoms with van der Waals surface area (Å²) in [5.74, 6) is 1.79. The number of hydrogen-bond acceptors (Lipinski definition) is 3. The van der Waals surface area contributed by atoms with Crippen molar-refractivity contribution in [3.8, 4) is 0 Å². The predicted octanol–water partition coefficient (Wildman–Crippen LogP) is 3.65. The number of likely N-dealkylation sites (tertiary alicyclic amines) is 1. The fraction of sp³-hybridized carbons (Fsp3) is 0.955. The van der Waals surface area contributed by atoms with Gasteiger partial charge in [-0.2, -0.15) is 0 Å². The summed E-state index contributed by atoms with van der Waals surface area (Å²) in [6.07, 6.45) is 10.3. The van der Waals surface area contributed by atoms with E-state index in [-0.39, 0.29) is 0 Å². The Labute approximate surface area is 167 Å². The summed E-state index contributed by atoms with van der Waals surface area (Å²) in [5, 5.41) is 7.09. The summed E-state index contributed by atoms with van der Waals surface area (Å²) < 4.78 is 5.64. The van der Waals surface area contributed by atoms with Crippen LogP contribution in [0.5, 0.6) is 0 Å². The van der Waals surface area contributed by atoms with E-state index in [0.29, 0.717) is 5.41 Å². The van der Waals surface area contributed by atoms with Crippen LogP contribution in [0.1, 0.15) is 72.1 Å². The van der Waals surface area contributed by atoms with Crippen molar-refractivity contribution in [1.29, 1.82) is 0 Å². The molecule has 1 saturated heterocycles. The summed E-state index contributed by atoms with van der Waals surface area (Å²) in [6.45, 7) is 14.9. The van der Waals surface area contributed by atoms with Crippen molar-refractivity contribution in [2.24, 2.45) is 16.3 Å². The molecule has 0 radical (unpaired) electrons. The van der Waals surface area contributed by atoms with Gasteiger partial charge in [0.05, 0.1) is 0 Å².